The number of aromatic nitrogens is 1. The molecule has 3 N–H and O–H groups in total. The smallest absolute Gasteiger partial charge is 0.226 e. The lowest BCUT2D eigenvalue weighted by Crippen LogP contribution is -2.24. The molecule has 1 heterocycles. The summed E-state index contributed by atoms with van der Waals surface area (Å²) in [6.45, 7) is 1.84. The highest BCUT2D eigenvalue weighted by Crippen LogP contribution is 2.25. The Kier molecular flexibility index (Phi) is 6.52. The van der Waals surface area contributed by atoms with Gasteiger partial charge in [-0.05, 0) is 53.4 Å². The van der Waals surface area contributed by atoms with Crippen molar-refractivity contribution >= 4 is 27.1 Å². The summed E-state index contributed by atoms with van der Waals surface area (Å²) in [5.74, 6) is 0.731. The lowest BCUT2D eigenvalue weighted by molar-refractivity contribution is -0.118. The van der Waals surface area contributed by atoms with E-state index in [1.165, 1.54) is 0 Å². The number of aryl methyl sites for hydroxylation is 1. The SMILES string of the molecule is CCC(=O)N(C)c1ccc(-c2ccc(S(=N)(=O)CCc3ccc(N)nc3)cc2)cc1. The van der Waals surface area contributed by atoms with Crippen molar-refractivity contribution in [3.63, 3.8) is 0 Å². The van der Waals surface area contributed by atoms with Crippen LogP contribution in [0.3, 0.4) is 0 Å². The second-order valence-electron chi connectivity index (χ2n) is 7.10. The van der Waals surface area contributed by atoms with Crippen molar-refractivity contribution in [3.05, 3.63) is 72.4 Å². The highest BCUT2D eigenvalue weighted by atomic mass is 32.2. The normalized spacial score (nSPS) is 12.9. The highest BCUT2D eigenvalue weighted by Gasteiger charge is 2.12. The molecule has 6 nitrogen and oxygen atoms in total. The highest BCUT2D eigenvalue weighted by molar-refractivity contribution is 7.92. The lowest BCUT2D eigenvalue weighted by Gasteiger charge is -2.17. The summed E-state index contributed by atoms with van der Waals surface area (Å²) >= 11 is 0. The van der Waals surface area contributed by atoms with Crippen LogP contribution in [0.25, 0.3) is 11.1 Å². The Labute approximate surface area is 177 Å². The van der Waals surface area contributed by atoms with Crippen LogP contribution in [0.15, 0.2) is 71.8 Å². The van der Waals surface area contributed by atoms with Crippen molar-refractivity contribution in [3.8, 4) is 11.1 Å². The largest absolute Gasteiger partial charge is 0.384 e. The molecule has 1 amide bonds. The van der Waals surface area contributed by atoms with E-state index in [1.807, 2.05) is 49.4 Å². The zero-order chi connectivity index (χ0) is 21.7. The molecule has 0 bridgehead atoms. The van der Waals surface area contributed by atoms with Crippen LogP contribution in [-0.2, 0) is 20.9 Å². The van der Waals surface area contributed by atoms with Crippen molar-refractivity contribution in [1.82, 2.24) is 4.98 Å². The van der Waals surface area contributed by atoms with E-state index in [9.17, 15) is 9.00 Å². The average Bonchev–Trinajstić information content (AvgIpc) is 2.78. The zero-order valence-corrected chi connectivity index (χ0v) is 18.0. The van der Waals surface area contributed by atoms with E-state index in [0.29, 0.717) is 23.6 Å². The van der Waals surface area contributed by atoms with Crippen molar-refractivity contribution in [2.45, 2.75) is 24.7 Å². The fraction of sp³-hybridized carbons (Fsp3) is 0.217. The van der Waals surface area contributed by atoms with E-state index < -0.39 is 9.73 Å². The van der Waals surface area contributed by atoms with Crippen LogP contribution in [0.2, 0.25) is 0 Å². The average molecular weight is 423 g/mol. The Morgan fingerprint density at radius 3 is 2.17 bits per heavy atom. The van der Waals surface area contributed by atoms with E-state index >= 15 is 0 Å². The first-order valence-electron chi connectivity index (χ1n) is 9.74. The van der Waals surface area contributed by atoms with Gasteiger partial charge in [0.05, 0.1) is 9.73 Å². The van der Waals surface area contributed by atoms with Gasteiger partial charge in [-0.25, -0.2) is 14.0 Å². The predicted octanol–water partition coefficient (Wildman–Crippen LogP) is 4.35. The Morgan fingerprint density at radius 1 is 1.03 bits per heavy atom. The second kappa shape index (κ2) is 9.09. The minimum Gasteiger partial charge on any atom is -0.384 e. The number of benzene rings is 2. The number of carbonyl (C=O) groups is 1. The quantitative estimate of drug-likeness (QED) is 0.591. The number of nitrogen functional groups attached to an aromatic ring is 1. The first-order valence-corrected chi connectivity index (χ1v) is 11.5. The number of nitrogens with two attached hydrogens (primary N) is 1. The first-order chi connectivity index (χ1) is 14.3. The van der Waals surface area contributed by atoms with Crippen LogP contribution >= 0.6 is 0 Å². The summed E-state index contributed by atoms with van der Waals surface area (Å²) in [6.07, 6.45) is 2.62. The number of anilines is 2. The first kappa shape index (κ1) is 21.5. The third kappa shape index (κ3) is 5.04. The van der Waals surface area contributed by atoms with Gasteiger partial charge >= 0.3 is 0 Å². The fourth-order valence-electron chi connectivity index (χ4n) is 3.09. The van der Waals surface area contributed by atoms with Crippen LogP contribution in [0.1, 0.15) is 18.9 Å². The maximum Gasteiger partial charge on any atom is 0.226 e. The standard InChI is InChI=1S/C23H26N4O2S/c1-3-23(28)27(2)20-9-5-18(6-10-20)19-7-11-21(12-8-19)30(25,29)15-14-17-4-13-22(24)26-16-17/h4-13,16,25H,3,14-15H2,1-2H3,(H2,24,26). The summed E-state index contributed by atoms with van der Waals surface area (Å²) in [5.41, 5.74) is 9.29. The molecular formula is C23H26N4O2S. The minimum absolute atomic E-state index is 0.0621. The Morgan fingerprint density at radius 2 is 1.63 bits per heavy atom. The molecule has 1 aromatic heterocycles. The molecule has 0 aliphatic heterocycles. The number of carbonyl (C=O) groups excluding carboxylic acids is 1. The number of nitrogens with zero attached hydrogens (tertiary/aromatic N) is 2. The molecule has 0 saturated carbocycles. The Balaban J connectivity index is 1.70. The molecule has 0 aliphatic rings. The molecule has 7 heteroatoms. The Bertz CT molecular complexity index is 1110. The lowest BCUT2D eigenvalue weighted by atomic mass is 10.1. The third-order valence-electron chi connectivity index (χ3n) is 5.03. The topological polar surface area (TPSA) is 100 Å². The summed E-state index contributed by atoms with van der Waals surface area (Å²) in [6, 6.07) is 18.5. The van der Waals surface area contributed by atoms with Crippen LogP contribution in [0.5, 0.6) is 0 Å². The van der Waals surface area contributed by atoms with Crippen LogP contribution < -0.4 is 10.6 Å². The van der Waals surface area contributed by atoms with Crippen molar-refractivity contribution in [2.75, 3.05) is 23.4 Å². The number of nitrogens with one attached hydrogen (secondary N) is 1. The third-order valence-corrected chi connectivity index (χ3v) is 6.84. The van der Waals surface area contributed by atoms with Gasteiger partial charge in [0, 0.05) is 36.0 Å². The van der Waals surface area contributed by atoms with Gasteiger partial charge in [0.25, 0.3) is 0 Å². The van der Waals surface area contributed by atoms with Crippen molar-refractivity contribution < 1.29 is 9.00 Å². The van der Waals surface area contributed by atoms with Gasteiger partial charge in [0.2, 0.25) is 5.91 Å². The van der Waals surface area contributed by atoms with Crippen molar-refractivity contribution in [1.29, 1.82) is 4.78 Å². The van der Waals surface area contributed by atoms with Crippen LogP contribution in [0.4, 0.5) is 11.5 Å². The molecule has 1 atom stereocenters. The minimum atomic E-state index is -2.90. The van der Waals surface area contributed by atoms with Gasteiger partial charge in [0.15, 0.2) is 0 Å². The molecule has 0 fully saturated rings. The number of rotatable bonds is 7. The summed E-state index contributed by atoms with van der Waals surface area (Å²) in [4.78, 5) is 18.0. The van der Waals surface area contributed by atoms with E-state index in [1.54, 1.807) is 36.3 Å². The number of hydrogen-bond acceptors (Lipinski definition) is 5. The molecule has 0 aliphatic carbocycles. The zero-order valence-electron chi connectivity index (χ0n) is 17.2. The molecule has 0 saturated heterocycles. The maximum absolute atomic E-state index is 12.9. The van der Waals surface area contributed by atoms with Gasteiger partial charge in [-0.2, -0.15) is 0 Å². The molecule has 0 radical (unpaired) electrons. The van der Waals surface area contributed by atoms with Gasteiger partial charge < -0.3 is 10.6 Å². The molecule has 2 aromatic carbocycles. The van der Waals surface area contributed by atoms with E-state index in [0.717, 1.165) is 22.4 Å². The van der Waals surface area contributed by atoms with E-state index in [2.05, 4.69) is 4.98 Å². The fourth-order valence-corrected chi connectivity index (χ4v) is 4.42. The predicted molar refractivity (Wildman–Crippen MR) is 122 cm³/mol. The summed E-state index contributed by atoms with van der Waals surface area (Å²) in [5, 5.41) is 0. The summed E-state index contributed by atoms with van der Waals surface area (Å²) < 4.78 is 21.2. The molecular weight excluding hydrogens is 396 g/mol. The number of hydrogen-bond donors (Lipinski definition) is 2. The van der Waals surface area contributed by atoms with Crippen molar-refractivity contribution in [2.24, 2.45) is 0 Å². The van der Waals surface area contributed by atoms with E-state index in [-0.39, 0.29) is 11.7 Å². The molecule has 0 spiro atoms. The number of amides is 1. The van der Waals surface area contributed by atoms with Gasteiger partial charge in [-0.1, -0.05) is 37.3 Å². The van der Waals surface area contributed by atoms with Gasteiger partial charge in [-0.3, -0.25) is 4.79 Å². The molecule has 3 rings (SSSR count). The van der Waals surface area contributed by atoms with Crippen LogP contribution in [0, 0.1) is 4.78 Å². The molecule has 30 heavy (non-hydrogen) atoms. The molecule has 3 aromatic rings. The molecule has 156 valence electrons. The van der Waals surface area contributed by atoms with Gasteiger partial charge in [-0.15, -0.1) is 0 Å². The Hall–Kier alpha value is -3.19. The second-order valence-corrected chi connectivity index (χ2v) is 9.33. The maximum atomic E-state index is 12.9. The number of pyridine rings is 1. The summed E-state index contributed by atoms with van der Waals surface area (Å²) in [7, 11) is -1.14. The molecule has 1 unspecified atom stereocenters. The van der Waals surface area contributed by atoms with Gasteiger partial charge in [0.1, 0.15) is 5.82 Å². The van der Waals surface area contributed by atoms with E-state index in [4.69, 9.17) is 10.5 Å². The van der Waals surface area contributed by atoms with Crippen LogP contribution in [-0.4, -0.2) is 27.9 Å². The monoisotopic (exact) mass is 422 g/mol.